The Bertz CT molecular complexity index is 931. The Labute approximate surface area is 145 Å². The van der Waals surface area contributed by atoms with Crippen LogP contribution in [0.5, 0.6) is 34.5 Å². The van der Waals surface area contributed by atoms with E-state index in [9.17, 15) is 0 Å². The smallest absolute Gasteiger partial charge is 0.204 e. The summed E-state index contributed by atoms with van der Waals surface area (Å²) in [4.78, 5) is 3.35. The maximum absolute atomic E-state index is 5.64. The zero-order chi connectivity index (χ0) is 18.1. The third-order valence-corrected chi connectivity index (χ3v) is 4.19. The van der Waals surface area contributed by atoms with E-state index in [1.165, 1.54) is 0 Å². The highest BCUT2D eigenvalue weighted by Crippen LogP contribution is 2.51. The van der Waals surface area contributed by atoms with Gasteiger partial charge >= 0.3 is 0 Å². The van der Waals surface area contributed by atoms with Crippen molar-refractivity contribution in [2.75, 3.05) is 42.7 Å². The number of benzene rings is 2. The Kier molecular flexibility index (Phi) is 4.39. The topological polar surface area (TPSA) is 71.2 Å². The van der Waals surface area contributed by atoms with Crippen molar-refractivity contribution >= 4 is 21.8 Å². The molecular formula is C18H21NO6. The Balaban J connectivity index is 2.57. The SMILES string of the molecule is COc1cc2[nH]c3c(OC)c(OC)cc(OC)c3c2c(OC)c1OC. The van der Waals surface area contributed by atoms with Gasteiger partial charge in [-0.1, -0.05) is 0 Å². The molecule has 25 heavy (non-hydrogen) atoms. The lowest BCUT2D eigenvalue weighted by molar-refractivity contribution is 0.327. The van der Waals surface area contributed by atoms with Crippen molar-refractivity contribution in [3.8, 4) is 34.5 Å². The second kappa shape index (κ2) is 6.51. The van der Waals surface area contributed by atoms with Crippen molar-refractivity contribution in [1.29, 1.82) is 0 Å². The number of H-pyrrole nitrogens is 1. The van der Waals surface area contributed by atoms with Gasteiger partial charge in [-0.05, 0) is 0 Å². The lowest BCUT2D eigenvalue weighted by atomic mass is 10.1. The lowest BCUT2D eigenvalue weighted by Gasteiger charge is -2.14. The highest BCUT2D eigenvalue weighted by Gasteiger charge is 2.25. The molecule has 3 rings (SSSR count). The van der Waals surface area contributed by atoms with Gasteiger partial charge in [0.1, 0.15) is 5.75 Å². The minimum absolute atomic E-state index is 0.509. The summed E-state index contributed by atoms with van der Waals surface area (Å²) in [5.41, 5.74) is 1.54. The Morgan fingerprint density at radius 3 is 1.64 bits per heavy atom. The van der Waals surface area contributed by atoms with E-state index >= 15 is 0 Å². The molecule has 2 aromatic carbocycles. The number of aromatic amines is 1. The van der Waals surface area contributed by atoms with Crippen molar-refractivity contribution in [3.63, 3.8) is 0 Å². The second-order valence-electron chi connectivity index (χ2n) is 5.26. The van der Waals surface area contributed by atoms with Crippen LogP contribution < -0.4 is 28.4 Å². The largest absolute Gasteiger partial charge is 0.496 e. The van der Waals surface area contributed by atoms with Crippen LogP contribution in [0.2, 0.25) is 0 Å². The Morgan fingerprint density at radius 2 is 1.12 bits per heavy atom. The normalized spacial score (nSPS) is 10.8. The summed E-state index contributed by atoms with van der Waals surface area (Å²) in [6, 6.07) is 3.63. The van der Waals surface area contributed by atoms with Gasteiger partial charge in [0.25, 0.3) is 0 Å². The van der Waals surface area contributed by atoms with Crippen molar-refractivity contribution < 1.29 is 28.4 Å². The Morgan fingerprint density at radius 1 is 0.560 bits per heavy atom. The van der Waals surface area contributed by atoms with Crippen LogP contribution in [-0.4, -0.2) is 47.6 Å². The summed E-state index contributed by atoms with van der Waals surface area (Å²) in [6.07, 6.45) is 0. The minimum atomic E-state index is 0.509. The molecule has 0 fully saturated rings. The van der Waals surface area contributed by atoms with Crippen molar-refractivity contribution in [3.05, 3.63) is 12.1 Å². The number of hydrogen-bond donors (Lipinski definition) is 1. The second-order valence-corrected chi connectivity index (χ2v) is 5.26. The first kappa shape index (κ1) is 16.9. The maximum Gasteiger partial charge on any atom is 0.204 e. The molecule has 0 saturated heterocycles. The molecule has 0 saturated carbocycles. The van der Waals surface area contributed by atoms with E-state index in [4.69, 9.17) is 28.4 Å². The van der Waals surface area contributed by atoms with E-state index in [1.807, 2.05) is 6.07 Å². The lowest BCUT2D eigenvalue weighted by Crippen LogP contribution is -1.96. The molecule has 0 aliphatic heterocycles. The van der Waals surface area contributed by atoms with Crippen molar-refractivity contribution in [1.82, 2.24) is 4.98 Å². The van der Waals surface area contributed by atoms with Gasteiger partial charge in [-0.3, -0.25) is 0 Å². The fourth-order valence-electron chi connectivity index (χ4n) is 3.14. The van der Waals surface area contributed by atoms with Gasteiger partial charge < -0.3 is 33.4 Å². The number of ether oxygens (including phenoxy) is 6. The van der Waals surface area contributed by atoms with Crippen molar-refractivity contribution in [2.45, 2.75) is 0 Å². The standard InChI is InChI=1S/C18H21NO6/c1-20-10-8-12(22-3)16(23-4)15-14(10)13-9(19-15)7-11(21-2)17(24-5)18(13)25-6/h7-8,19H,1-6H3. The number of aromatic nitrogens is 1. The van der Waals surface area contributed by atoms with Gasteiger partial charge in [0.15, 0.2) is 23.0 Å². The quantitative estimate of drug-likeness (QED) is 0.737. The maximum atomic E-state index is 5.64. The van der Waals surface area contributed by atoms with Gasteiger partial charge in [0.2, 0.25) is 5.75 Å². The van der Waals surface area contributed by atoms with Crippen LogP contribution in [0.15, 0.2) is 12.1 Å². The fourth-order valence-corrected chi connectivity index (χ4v) is 3.14. The summed E-state index contributed by atoms with van der Waals surface area (Å²) in [6.45, 7) is 0. The first-order chi connectivity index (χ1) is 12.1. The van der Waals surface area contributed by atoms with Crippen LogP contribution in [0.25, 0.3) is 21.8 Å². The number of hydrogen-bond acceptors (Lipinski definition) is 6. The van der Waals surface area contributed by atoms with Crippen LogP contribution >= 0.6 is 0 Å². The van der Waals surface area contributed by atoms with Gasteiger partial charge in [0.05, 0.1) is 64.5 Å². The predicted molar refractivity (Wildman–Crippen MR) is 95.1 cm³/mol. The molecular weight excluding hydrogens is 326 g/mol. The van der Waals surface area contributed by atoms with Crippen LogP contribution in [0, 0.1) is 0 Å². The molecule has 7 heteroatoms. The first-order valence-corrected chi connectivity index (χ1v) is 7.58. The molecule has 134 valence electrons. The van der Waals surface area contributed by atoms with Crippen LogP contribution in [0.1, 0.15) is 0 Å². The number of fused-ring (bicyclic) bond motifs is 3. The molecule has 1 N–H and O–H groups in total. The summed E-state index contributed by atoms with van der Waals surface area (Å²) in [5.74, 6) is 3.39. The zero-order valence-corrected chi connectivity index (χ0v) is 15.1. The molecule has 0 aliphatic carbocycles. The van der Waals surface area contributed by atoms with E-state index < -0.39 is 0 Å². The zero-order valence-electron chi connectivity index (χ0n) is 15.1. The summed E-state index contributed by atoms with van der Waals surface area (Å²) < 4.78 is 33.1. The molecule has 0 spiro atoms. The fraction of sp³-hybridized carbons (Fsp3) is 0.333. The molecule has 0 amide bonds. The van der Waals surface area contributed by atoms with Crippen molar-refractivity contribution in [2.24, 2.45) is 0 Å². The molecule has 0 bridgehead atoms. The Hall–Kier alpha value is -2.96. The van der Waals surface area contributed by atoms with Crippen LogP contribution in [-0.2, 0) is 0 Å². The van der Waals surface area contributed by atoms with E-state index in [2.05, 4.69) is 4.98 Å². The molecule has 1 heterocycles. The van der Waals surface area contributed by atoms with E-state index in [0.29, 0.717) is 34.5 Å². The number of nitrogens with one attached hydrogen (secondary N) is 1. The van der Waals surface area contributed by atoms with E-state index in [-0.39, 0.29) is 0 Å². The molecule has 0 unspecified atom stereocenters. The average Bonchev–Trinajstić information content (AvgIpc) is 3.03. The molecule has 0 aliphatic rings. The van der Waals surface area contributed by atoms with Gasteiger partial charge in [-0.25, -0.2) is 0 Å². The molecule has 0 radical (unpaired) electrons. The third kappa shape index (κ3) is 2.34. The predicted octanol–water partition coefficient (Wildman–Crippen LogP) is 3.37. The summed E-state index contributed by atoms with van der Waals surface area (Å²) >= 11 is 0. The van der Waals surface area contributed by atoms with E-state index in [1.54, 1.807) is 48.7 Å². The first-order valence-electron chi connectivity index (χ1n) is 7.58. The van der Waals surface area contributed by atoms with Gasteiger partial charge in [-0.2, -0.15) is 0 Å². The monoisotopic (exact) mass is 347 g/mol. The molecule has 0 atom stereocenters. The molecule has 7 nitrogen and oxygen atoms in total. The highest BCUT2D eigenvalue weighted by molar-refractivity contribution is 6.17. The number of methoxy groups -OCH3 is 6. The highest BCUT2D eigenvalue weighted by atomic mass is 16.5. The van der Waals surface area contributed by atoms with Gasteiger partial charge in [-0.15, -0.1) is 0 Å². The molecule has 1 aromatic heterocycles. The van der Waals surface area contributed by atoms with Crippen LogP contribution in [0.3, 0.4) is 0 Å². The molecule has 3 aromatic rings. The summed E-state index contributed by atoms with van der Waals surface area (Å²) in [5, 5.41) is 1.63. The van der Waals surface area contributed by atoms with E-state index in [0.717, 1.165) is 21.8 Å². The average molecular weight is 347 g/mol. The van der Waals surface area contributed by atoms with Crippen LogP contribution in [0.4, 0.5) is 0 Å². The third-order valence-electron chi connectivity index (χ3n) is 4.19. The van der Waals surface area contributed by atoms with Gasteiger partial charge in [0, 0.05) is 12.1 Å². The summed E-state index contributed by atoms with van der Waals surface area (Å²) in [7, 11) is 9.51. The minimum Gasteiger partial charge on any atom is -0.496 e. The number of rotatable bonds is 6.